The number of benzene rings is 1. The van der Waals surface area contributed by atoms with Crippen molar-refractivity contribution < 1.29 is 4.74 Å². The maximum Gasteiger partial charge on any atom is 0.231 e. The summed E-state index contributed by atoms with van der Waals surface area (Å²) in [4.78, 5) is 13.9. The second kappa shape index (κ2) is 5.47. The van der Waals surface area contributed by atoms with Crippen LogP contribution in [0.4, 0.5) is 0 Å². The van der Waals surface area contributed by atoms with Crippen molar-refractivity contribution in [3.05, 3.63) is 53.1 Å². The molecule has 0 spiro atoms. The van der Waals surface area contributed by atoms with E-state index in [1.54, 1.807) is 22.7 Å². The third kappa shape index (κ3) is 2.47. The van der Waals surface area contributed by atoms with Crippen molar-refractivity contribution in [2.45, 2.75) is 6.92 Å². The first-order valence-corrected chi connectivity index (χ1v) is 8.44. The molecule has 6 heteroatoms. The van der Waals surface area contributed by atoms with Crippen molar-refractivity contribution in [3.63, 3.8) is 0 Å². The minimum absolute atomic E-state index is 0.587. The molecule has 3 aromatic heterocycles. The topological polar surface area (TPSA) is 47.9 Å². The highest BCUT2D eigenvalue weighted by molar-refractivity contribution is 7.16. The monoisotopic (exact) mass is 325 g/mol. The van der Waals surface area contributed by atoms with Gasteiger partial charge in [-0.3, -0.25) is 0 Å². The lowest BCUT2D eigenvalue weighted by Crippen LogP contribution is -1.89. The molecule has 4 rings (SSSR count). The molecule has 3 heterocycles. The van der Waals surface area contributed by atoms with Crippen molar-refractivity contribution >= 4 is 32.9 Å². The number of thiophene rings is 1. The van der Waals surface area contributed by atoms with E-state index < -0.39 is 0 Å². The first-order valence-electron chi connectivity index (χ1n) is 6.68. The molecule has 4 aromatic rings. The zero-order valence-electron chi connectivity index (χ0n) is 11.7. The molecule has 0 saturated carbocycles. The Hall–Kier alpha value is -2.31. The maximum absolute atomic E-state index is 5.88. The van der Waals surface area contributed by atoms with Gasteiger partial charge in [0.1, 0.15) is 21.9 Å². The zero-order valence-corrected chi connectivity index (χ0v) is 13.3. The lowest BCUT2D eigenvalue weighted by molar-refractivity contribution is 0.468. The van der Waals surface area contributed by atoms with Gasteiger partial charge in [-0.15, -0.1) is 22.7 Å². The summed E-state index contributed by atoms with van der Waals surface area (Å²) >= 11 is 3.22. The number of hydrogen-bond donors (Lipinski definition) is 0. The molecule has 0 bridgehead atoms. The number of aryl methyl sites for hydroxylation is 1. The van der Waals surface area contributed by atoms with Crippen LogP contribution >= 0.6 is 22.7 Å². The molecule has 22 heavy (non-hydrogen) atoms. The van der Waals surface area contributed by atoms with E-state index in [0.717, 1.165) is 32.2 Å². The Morgan fingerprint density at radius 1 is 1.00 bits per heavy atom. The predicted molar refractivity (Wildman–Crippen MR) is 89.8 cm³/mol. The van der Waals surface area contributed by atoms with Crippen molar-refractivity contribution in [1.82, 2.24) is 15.0 Å². The van der Waals surface area contributed by atoms with Crippen LogP contribution in [0.5, 0.6) is 11.6 Å². The van der Waals surface area contributed by atoms with Crippen LogP contribution in [0.2, 0.25) is 0 Å². The molecule has 0 aliphatic rings. The van der Waals surface area contributed by atoms with Gasteiger partial charge in [0.25, 0.3) is 0 Å². The summed E-state index contributed by atoms with van der Waals surface area (Å²) in [5, 5.41) is 5.99. The van der Waals surface area contributed by atoms with E-state index in [0.29, 0.717) is 5.88 Å². The molecular weight excluding hydrogens is 314 g/mol. The number of thiazole rings is 1. The second-order valence-corrected chi connectivity index (χ2v) is 6.49. The molecule has 0 fully saturated rings. The van der Waals surface area contributed by atoms with Gasteiger partial charge in [-0.05, 0) is 42.6 Å². The van der Waals surface area contributed by atoms with E-state index in [-0.39, 0.29) is 0 Å². The molecule has 108 valence electrons. The number of ether oxygens (including phenoxy) is 1. The summed E-state index contributed by atoms with van der Waals surface area (Å²) in [5.41, 5.74) is 2.13. The largest absolute Gasteiger partial charge is 0.438 e. The number of rotatable bonds is 3. The van der Waals surface area contributed by atoms with Crippen LogP contribution in [0, 0.1) is 6.92 Å². The van der Waals surface area contributed by atoms with E-state index in [9.17, 15) is 0 Å². The Morgan fingerprint density at radius 3 is 2.64 bits per heavy atom. The molecular formula is C16H11N3OS2. The fourth-order valence-corrected chi connectivity index (χ4v) is 3.64. The molecule has 1 aromatic carbocycles. The fourth-order valence-electron chi connectivity index (χ4n) is 2.11. The first kappa shape index (κ1) is 13.4. The van der Waals surface area contributed by atoms with Gasteiger partial charge in [0.05, 0.1) is 5.39 Å². The average molecular weight is 325 g/mol. The summed E-state index contributed by atoms with van der Waals surface area (Å²) < 4.78 is 5.88. The van der Waals surface area contributed by atoms with E-state index in [4.69, 9.17) is 4.74 Å². The minimum Gasteiger partial charge on any atom is -0.438 e. The highest BCUT2D eigenvalue weighted by Gasteiger charge is 2.08. The molecule has 0 saturated heterocycles. The van der Waals surface area contributed by atoms with Crippen LogP contribution in [-0.2, 0) is 0 Å². The fraction of sp³-hybridized carbons (Fsp3) is 0.0625. The Kier molecular flexibility index (Phi) is 3.32. The molecule has 0 aliphatic heterocycles. The van der Waals surface area contributed by atoms with Crippen LogP contribution in [0.1, 0.15) is 5.69 Å². The third-order valence-corrected chi connectivity index (χ3v) is 4.99. The van der Waals surface area contributed by atoms with Crippen LogP contribution < -0.4 is 4.74 Å². The van der Waals surface area contributed by atoms with Gasteiger partial charge in [0, 0.05) is 16.6 Å². The van der Waals surface area contributed by atoms with Gasteiger partial charge in [0.2, 0.25) is 5.88 Å². The van der Waals surface area contributed by atoms with Crippen LogP contribution in [-0.4, -0.2) is 15.0 Å². The summed E-state index contributed by atoms with van der Waals surface area (Å²) in [6, 6.07) is 9.88. The zero-order chi connectivity index (χ0) is 14.9. The molecule has 4 nitrogen and oxygen atoms in total. The molecule has 0 N–H and O–H groups in total. The molecule has 0 atom stereocenters. The minimum atomic E-state index is 0.587. The number of nitrogens with zero attached hydrogens (tertiary/aromatic N) is 3. The molecule has 0 aliphatic carbocycles. The van der Waals surface area contributed by atoms with Crippen molar-refractivity contribution in [2.24, 2.45) is 0 Å². The Morgan fingerprint density at radius 2 is 1.86 bits per heavy atom. The standard InChI is InChI=1S/C16H11N3OS2/c1-10-8-22-15(19-10)11-2-4-12(5-3-11)20-14-13-6-7-21-16(13)18-9-17-14/h2-9H,1H3. The van der Waals surface area contributed by atoms with Gasteiger partial charge in [-0.25, -0.2) is 15.0 Å². The SMILES string of the molecule is Cc1csc(-c2ccc(Oc3ncnc4sccc34)cc2)n1. The van der Waals surface area contributed by atoms with E-state index in [2.05, 4.69) is 15.0 Å². The van der Waals surface area contributed by atoms with Gasteiger partial charge in [-0.1, -0.05) is 0 Å². The Bertz CT molecular complexity index is 928. The Labute approximate surface area is 135 Å². The maximum atomic E-state index is 5.88. The van der Waals surface area contributed by atoms with Crippen LogP contribution in [0.15, 0.2) is 47.4 Å². The van der Waals surface area contributed by atoms with E-state index >= 15 is 0 Å². The molecule has 0 radical (unpaired) electrons. The van der Waals surface area contributed by atoms with Crippen LogP contribution in [0.25, 0.3) is 20.8 Å². The first-order chi connectivity index (χ1) is 10.8. The summed E-state index contributed by atoms with van der Waals surface area (Å²) in [5.74, 6) is 1.34. The highest BCUT2D eigenvalue weighted by Crippen LogP contribution is 2.31. The van der Waals surface area contributed by atoms with Gasteiger partial charge in [0.15, 0.2) is 0 Å². The van der Waals surface area contributed by atoms with E-state index in [1.807, 2.05) is 48.0 Å². The second-order valence-electron chi connectivity index (χ2n) is 4.74. The number of fused-ring (bicyclic) bond motifs is 1. The van der Waals surface area contributed by atoms with Gasteiger partial charge >= 0.3 is 0 Å². The lowest BCUT2D eigenvalue weighted by Gasteiger charge is -2.06. The lowest BCUT2D eigenvalue weighted by atomic mass is 10.2. The summed E-state index contributed by atoms with van der Waals surface area (Å²) in [7, 11) is 0. The quantitative estimate of drug-likeness (QED) is 0.536. The van der Waals surface area contributed by atoms with Crippen molar-refractivity contribution in [1.29, 1.82) is 0 Å². The molecule has 0 unspecified atom stereocenters. The van der Waals surface area contributed by atoms with Crippen LogP contribution in [0.3, 0.4) is 0 Å². The van der Waals surface area contributed by atoms with Crippen molar-refractivity contribution in [3.8, 4) is 22.2 Å². The highest BCUT2D eigenvalue weighted by atomic mass is 32.1. The molecule has 0 amide bonds. The van der Waals surface area contributed by atoms with Gasteiger partial charge < -0.3 is 4.74 Å². The Balaban J connectivity index is 1.62. The van der Waals surface area contributed by atoms with Crippen molar-refractivity contribution in [2.75, 3.05) is 0 Å². The average Bonchev–Trinajstić information content (AvgIpc) is 3.17. The smallest absolute Gasteiger partial charge is 0.231 e. The summed E-state index contributed by atoms with van der Waals surface area (Å²) in [6.45, 7) is 2.00. The number of hydrogen-bond acceptors (Lipinski definition) is 6. The third-order valence-electron chi connectivity index (χ3n) is 3.16. The summed E-state index contributed by atoms with van der Waals surface area (Å²) in [6.07, 6.45) is 1.53. The van der Waals surface area contributed by atoms with E-state index in [1.165, 1.54) is 6.33 Å². The normalized spacial score (nSPS) is 11.0. The van der Waals surface area contributed by atoms with Gasteiger partial charge in [-0.2, -0.15) is 0 Å². The number of aromatic nitrogens is 3. The predicted octanol–water partition coefficient (Wildman–Crippen LogP) is 4.92.